The fourth-order valence-corrected chi connectivity index (χ4v) is 3.81. The van der Waals surface area contributed by atoms with E-state index in [1.54, 1.807) is 0 Å². The molecule has 136 valence electrons. The summed E-state index contributed by atoms with van der Waals surface area (Å²) in [5.74, 6) is 0.631. The highest BCUT2D eigenvalue weighted by Crippen LogP contribution is 2.28. The molecule has 2 aromatic rings. The molecule has 1 heterocycles. The molecule has 2 aliphatic rings. The van der Waals surface area contributed by atoms with E-state index in [2.05, 4.69) is 16.3 Å². The summed E-state index contributed by atoms with van der Waals surface area (Å²) in [6, 6.07) is 16.7. The molecule has 1 aliphatic heterocycles. The molecule has 0 unspecified atom stereocenters. The van der Waals surface area contributed by atoms with Gasteiger partial charge in [0.25, 0.3) is 0 Å². The van der Waals surface area contributed by atoms with Crippen molar-refractivity contribution in [3.05, 3.63) is 65.2 Å². The Morgan fingerprint density at radius 3 is 2.54 bits per heavy atom. The Labute approximate surface area is 155 Å². The number of carbonyl (C=O) groups excluding carboxylic acids is 1. The van der Waals surface area contributed by atoms with Gasteiger partial charge in [0, 0.05) is 25.7 Å². The Morgan fingerprint density at radius 2 is 1.81 bits per heavy atom. The standard InChI is InChI=1S/C22H26N2O2/c25-22(23-16-17-5-2-1-3-6-17)26-21-10-9-18-11-13-24(20-7-4-8-20)14-12-19(18)15-21/h1-3,5-6,9-10,15,20H,4,7-8,11-14,16H2,(H,23,25). The number of carbonyl (C=O) groups is 1. The van der Waals surface area contributed by atoms with Gasteiger partial charge in [0.15, 0.2) is 0 Å². The fraction of sp³-hybridized carbons (Fsp3) is 0.409. The molecule has 2 aromatic carbocycles. The van der Waals surface area contributed by atoms with Crippen molar-refractivity contribution in [1.29, 1.82) is 0 Å². The lowest BCUT2D eigenvalue weighted by Crippen LogP contribution is -2.41. The molecule has 4 heteroatoms. The molecular formula is C22H26N2O2. The Kier molecular flexibility index (Phi) is 5.21. The molecule has 1 saturated carbocycles. The van der Waals surface area contributed by atoms with Crippen LogP contribution in [0, 0.1) is 0 Å². The van der Waals surface area contributed by atoms with Crippen LogP contribution < -0.4 is 10.1 Å². The van der Waals surface area contributed by atoms with E-state index in [1.807, 2.05) is 42.5 Å². The van der Waals surface area contributed by atoms with Crippen molar-refractivity contribution in [3.63, 3.8) is 0 Å². The normalized spacial score (nSPS) is 17.7. The van der Waals surface area contributed by atoms with Crippen LogP contribution in [-0.2, 0) is 19.4 Å². The predicted molar refractivity (Wildman–Crippen MR) is 102 cm³/mol. The van der Waals surface area contributed by atoms with Gasteiger partial charge < -0.3 is 10.1 Å². The van der Waals surface area contributed by atoms with Gasteiger partial charge >= 0.3 is 6.09 Å². The predicted octanol–water partition coefficient (Wildman–Crippen LogP) is 3.93. The summed E-state index contributed by atoms with van der Waals surface area (Å²) in [6.07, 6.45) is 5.81. The average molecular weight is 350 g/mol. The van der Waals surface area contributed by atoms with E-state index in [1.165, 1.54) is 30.4 Å². The molecule has 0 radical (unpaired) electrons. The molecule has 0 atom stereocenters. The second kappa shape index (κ2) is 7.92. The van der Waals surface area contributed by atoms with Crippen molar-refractivity contribution < 1.29 is 9.53 Å². The highest BCUT2D eigenvalue weighted by Gasteiger charge is 2.26. The van der Waals surface area contributed by atoms with E-state index in [0.717, 1.165) is 37.5 Å². The van der Waals surface area contributed by atoms with E-state index in [4.69, 9.17) is 4.74 Å². The minimum absolute atomic E-state index is 0.404. The Balaban J connectivity index is 1.34. The summed E-state index contributed by atoms with van der Waals surface area (Å²) in [6.45, 7) is 2.73. The quantitative estimate of drug-likeness (QED) is 0.908. The van der Waals surface area contributed by atoms with Gasteiger partial charge in [0.1, 0.15) is 5.75 Å². The first-order valence-corrected chi connectivity index (χ1v) is 9.63. The van der Waals surface area contributed by atoms with Gasteiger partial charge in [-0.15, -0.1) is 0 Å². The number of hydrogen-bond acceptors (Lipinski definition) is 3. The van der Waals surface area contributed by atoms with E-state index in [9.17, 15) is 4.79 Å². The zero-order valence-electron chi connectivity index (χ0n) is 15.1. The first-order valence-electron chi connectivity index (χ1n) is 9.63. The zero-order valence-corrected chi connectivity index (χ0v) is 15.1. The summed E-state index contributed by atoms with van der Waals surface area (Å²) in [5.41, 5.74) is 3.77. The first-order chi connectivity index (χ1) is 12.8. The van der Waals surface area contributed by atoms with Gasteiger partial charge in [-0.1, -0.05) is 42.8 Å². The number of ether oxygens (including phenoxy) is 1. The second-order valence-electron chi connectivity index (χ2n) is 7.28. The Bertz CT molecular complexity index is 756. The van der Waals surface area contributed by atoms with Crippen LogP contribution in [0.4, 0.5) is 4.79 Å². The maximum atomic E-state index is 12.1. The Hall–Kier alpha value is -2.33. The minimum atomic E-state index is -0.404. The van der Waals surface area contributed by atoms with Crippen molar-refractivity contribution in [1.82, 2.24) is 10.2 Å². The molecule has 1 aliphatic carbocycles. The first kappa shape index (κ1) is 17.1. The van der Waals surface area contributed by atoms with E-state index in [-0.39, 0.29) is 0 Å². The third kappa shape index (κ3) is 4.07. The number of hydrogen-bond donors (Lipinski definition) is 1. The summed E-state index contributed by atoms with van der Waals surface area (Å²) in [7, 11) is 0. The van der Waals surface area contributed by atoms with Gasteiger partial charge in [-0.3, -0.25) is 4.90 Å². The largest absolute Gasteiger partial charge is 0.412 e. The molecule has 0 bridgehead atoms. The van der Waals surface area contributed by atoms with Crippen LogP contribution in [0.5, 0.6) is 5.75 Å². The highest BCUT2D eigenvalue weighted by molar-refractivity contribution is 5.70. The monoisotopic (exact) mass is 350 g/mol. The molecule has 1 N–H and O–H groups in total. The average Bonchev–Trinajstić information content (AvgIpc) is 2.82. The van der Waals surface area contributed by atoms with Crippen LogP contribution in [0.1, 0.15) is 36.0 Å². The molecule has 0 saturated heterocycles. The van der Waals surface area contributed by atoms with Crippen molar-refractivity contribution >= 4 is 6.09 Å². The summed E-state index contributed by atoms with van der Waals surface area (Å²) < 4.78 is 5.49. The molecule has 1 amide bonds. The molecule has 0 spiro atoms. The van der Waals surface area contributed by atoms with Gasteiger partial charge in [0.2, 0.25) is 0 Å². The van der Waals surface area contributed by atoms with Crippen LogP contribution in [-0.4, -0.2) is 30.1 Å². The van der Waals surface area contributed by atoms with Crippen LogP contribution in [0.25, 0.3) is 0 Å². The second-order valence-corrected chi connectivity index (χ2v) is 7.28. The number of nitrogens with zero attached hydrogens (tertiary/aromatic N) is 1. The lowest BCUT2D eigenvalue weighted by Gasteiger charge is -2.36. The van der Waals surface area contributed by atoms with Crippen LogP contribution in [0.15, 0.2) is 48.5 Å². The summed E-state index contributed by atoms with van der Waals surface area (Å²) in [4.78, 5) is 14.7. The topological polar surface area (TPSA) is 41.6 Å². The Morgan fingerprint density at radius 1 is 1.04 bits per heavy atom. The number of fused-ring (bicyclic) bond motifs is 1. The third-order valence-electron chi connectivity index (χ3n) is 5.60. The minimum Gasteiger partial charge on any atom is -0.410 e. The molecule has 0 aromatic heterocycles. The third-order valence-corrected chi connectivity index (χ3v) is 5.60. The maximum absolute atomic E-state index is 12.1. The van der Waals surface area contributed by atoms with E-state index >= 15 is 0 Å². The van der Waals surface area contributed by atoms with E-state index < -0.39 is 6.09 Å². The molecule has 26 heavy (non-hydrogen) atoms. The van der Waals surface area contributed by atoms with E-state index in [0.29, 0.717) is 12.3 Å². The fourth-order valence-electron chi connectivity index (χ4n) is 3.81. The highest BCUT2D eigenvalue weighted by atomic mass is 16.6. The molecule has 4 rings (SSSR count). The van der Waals surface area contributed by atoms with Crippen LogP contribution in [0.3, 0.4) is 0 Å². The number of nitrogens with one attached hydrogen (secondary N) is 1. The smallest absolute Gasteiger partial charge is 0.410 e. The van der Waals surface area contributed by atoms with Crippen molar-refractivity contribution in [2.45, 2.75) is 44.7 Å². The van der Waals surface area contributed by atoms with Crippen LogP contribution in [0.2, 0.25) is 0 Å². The number of benzene rings is 2. The maximum Gasteiger partial charge on any atom is 0.412 e. The summed E-state index contributed by atoms with van der Waals surface area (Å²) in [5, 5.41) is 2.81. The molecular weight excluding hydrogens is 324 g/mol. The number of amides is 1. The van der Waals surface area contributed by atoms with Gasteiger partial charge in [-0.05, 0) is 54.5 Å². The van der Waals surface area contributed by atoms with Gasteiger partial charge in [-0.25, -0.2) is 4.79 Å². The lowest BCUT2D eigenvalue weighted by atomic mass is 9.91. The molecule has 4 nitrogen and oxygen atoms in total. The van der Waals surface area contributed by atoms with Crippen LogP contribution >= 0.6 is 0 Å². The van der Waals surface area contributed by atoms with Crippen molar-refractivity contribution in [2.75, 3.05) is 13.1 Å². The SMILES string of the molecule is O=C(NCc1ccccc1)Oc1ccc2c(c1)CCN(C1CCC1)CC2. The molecule has 1 fully saturated rings. The zero-order chi connectivity index (χ0) is 17.8. The van der Waals surface area contributed by atoms with Crippen molar-refractivity contribution in [3.8, 4) is 5.75 Å². The lowest BCUT2D eigenvalue weighted by molar-refractivity contribution is 0.133. The van der Waals surface area contributed by atoms with Crippen molar-refractivity contribution in [2.24, 2.45) is 0 Å². The summed E-state index contributed by atoms with van der Waals surface area (Å²) >= 11 is 0. The van der Waals surface area contributed by atoms with Gasteiger partial charge in [-0.2, -0.15) is 0 Å². The van der Waals surface area contributed by atoms with Gasteiger partial charge in [0.05, 0.1) is 0 Å². The number of rotatable bonds is 4.